The van der Waals surface area contributed by atoms with Gasteiger partial charge in [0.05, 0.1) is 0 Å². The summed E-state index contributed by atoms with van der Waals surface area (Å²) >= 11 is 1.59. The first-order valence-corrected chi connectivity index (χ1v) is 6.62. The van der Waals surface area contributed by atoms with Gasteiger partial charge in [0.2, 0.25) is 0 Å². The van der Waals surface area contributed by atoms with Gasteiger partial charge in [0.1, 0.15) is 5.01 Å². The summed E-state index contributed by atoms with van der Waals surface area (Å²) in [5.74, 6) is 0. The Balaban J connectivity index is 1.86. The average Bonchev–Trinajstić information content (AvgIpc) is 3.04. The van der Waals surface area contributed by atoms with Gasteiger partial charge in [0.25, 0.3) is 0 Å². The first kappa shape index (κ1) is 10.1. The third-order valence-electron chi connectivity index (χ3n) is 3.13. The average molecular weight is 254 g/mol. The number of aromatic nitrogens is 3. The van der Waals surface area contributed by atoms with E-state index in [1.165, 1.54) is 11.1 Å². The molecule has 1 aliphatic rings. The number of nitrogens with zero attached hydrogens (tertiary/aromatic N) is 3. The molecule has 88 valence electrons. The summed E-state index contributed by atoms with van der Waals surface area (Å²) in [6.07, 6.45) is 3.38. The molecule has 0 saturated heterocycles. The molecule has 3 aromatic rings. The van der Waals surface area contributed by atoms with Crippen LogP contribution in [0.15, 0.2) is 30.6 Å². The van der Waals surface area contributed by atoms with Crippen LogP contribution in [0.4, 0.5) is 0 Å². The van der Waals surface area contributed by atoms with Gasteiger partial charge in [-0.15, -0.1) is 0 Å². The highest BCUT2D eigenvalue weighted by Gasteiger charge is 2.13. The van der Waals surface area contributed by atoms with E-state index < -0.39 is 0 Å². The molecule has 0 bridgehead atoms. The predicted octanol–water partition coefficient (Wildman–Crippen LogP) is 2.36. The molecule has 1 aromatic carbocycles. The Hall–Kier alpha value is -1.85. The lowest BCUT2D eigenvalue weighted by molar-refractivity contribution is 0.765. The molecule has 3 heterocycles. The molecular weight excluding hydrogens is 244 g/mol. The third-order valence-corrected chi connectivity index (χ3v) is 4.13. The van der Waals surface area contributed by atoms with Crippen molar-refractivity contribution in [3.05, 3.63) is 41.7 Å². The highest BCUT2D eigenvalue weighted by Crippen LogP contribution is 2.30. The number of benzene rings is 1. The monoisotopic (exact) mass is 254 g/mol. The molecule has 0 fully saturated rings. The number of nitrogens with one attached hydrogen (secondary N) is 1. The van der Waals surface area contributed by atoms with Crippen molar-refractivity contribution in [3.63, 3.8) is 0 Å². The van der Waals surface area contributed by atoms with Crippen LogP contribution in [0.25, 0.3) is 21.0 Å². The fourth-order valence-electron chi connectivity index (χ4n) is 2.23. The lowest BCUT2D eigenvalue weighted by Crippen LogP contribution is -1.99. The van der Waals surface area contributed by atoms with Gasteiger partial charge in [0, 0.05) is 31.0 Å². The molecule has 1 N–H and O–H groups in total. The first-order chi connectivity index (χ1) is 8.90. The number of fused-ring (bicyclic) bond motifs is 2. The van der Waals surface area contributed by atoms with Crippen LogP contribution in [0.5, 0.6) is 0 Å². The number of hydrogen-bond donors (Lipinski definition) is 1. The first-order valence-electron chi connectivity index (χ1n) is 5.80. The summed E-state index contributed by atoms with van der Waals surface area (Å²) in [6.45, 7) is 1.92. The molecule has 0 radical (unpaired) electrons. The van der Waals surface area contributed by atoms with Crippen molar-refractivity contribution >= 4 is 21.8 Å². The van der Waals surface area contributed by atoms with E-state index in [2.05, 4.69) is 38.5 Å². The SMILES string of the molecule is c1cnc2sc(-c3ccc4c(c3)CNC4)nc2n1. The van der Waals surface area contributed by atoms with Gasteiger partial charge in [-0.05, 0) is 17.2 Å². The molecule has 2 aromatic heterocycles. The van der Waals surface area contributed by atoms with Crippen LogP contribution >= 0.6 is 11.3 Å². The van der Waals surface area contributed by atoms with Crippen LogP contribution in [-0.4, -0.2) is 15.0 Å². The predicted molar refractivity (Wildman–Crippen MR) is 71.2 cm³/mol. The van der Waals surface area contributed by atoms with Gasteiger partial charge < -0.3 is 5.32 Å². The van der Waals surface area contributed by atoms with Gasteiger partial charge in [-0.25, -0.2) is 15.0 Å². The van der Waals surface area contributed by atoms with E-state index in [1.807, 2.05) is 0 Å². The lowest BCUT2D eigenvalue weighted by Gasteiger charge is -2.00. The highest BCUT2D eigenvalue weighted by molar-refractivity contribution is 7.21. The number of thiazole rings is 1. The largest absolute Gasteiger partial charge is 0.309 e. The fraction of sp³-hybridized carbons (Fsp3) is 0.154. The summed E-state index contributed by atoms with van der Waals surface area (Å²) in [7, 11) is 0. The van der Waals surface area contributed by atoms with E-state index in [0.717, 1.165) is 34.1 Å². The summed E-state index contributed by atoms with van der Waals surface area (Å²) in [4.78, 5) is 13.9. The summed E-state index contributed by atoms with van der Waals surface area (Å²) < 4.78 is 0. The van der Waals surface area contributed by atoms with Crippen molar-refractivity contribution in [1.82, 2.24) is 20.3 Å². The minimum absolute atomic E-state index is 0.733. The van der Waals surface area contributed by atoms with Gasteiger partial charge >= 0.3 is 0 Å². The van der Waals surface area contributed by atoms with E-state index in [-0.39, 0.29) is 0 Å². The maximum Gasteiger partial charge on any atom is 0.190 e. The van der Waals surface area contributed by atoms with Crippen LogP contribution in [0.3, 0.4) is 0 Å². The molecular formula is C13H10N4S. The van der Waals surface area contributed by atoms with Gasteiger partial charge in [-0.3, -0.25) is 0 Å². The Bertz CT molecular complexity index is 702. The molecule has 4 rings (SSSR count). The second-order valence-corrected chi connectivity index (χ2v) is 5.27. The summed E-state index contributed by atoms with van der Waals surface area (Å²) in [5, 5.41) is 4.34. The smallest absolute Gasteiger partial charge is 0.190 e. The van der Waals surface area contributed by atoms with Crippen molar-refractivity contribution in [2.75, 3.05) is 0 Å². The van der Waals surface area contributed by atoms with Crippen LogP contribution < -0.4 is 5.32 Å². The van der Waals surface area contributed by atoms with Crippen molar-refractivity contribution in [2.24, 2.45) is 0 Å². The Kier molecular flexibility index (Phi) is 2.15. The van der Waals surface area contributed by atoms with Crippen molar-refractivity contribution in [1.29, 1.82) is 0 Å². The van der Waals surface area contributed by atoms with Crippen LogP contribution in [0.1, 0.15) is 11.1 Å². The topological polar surface area (TPSA) is 50.7 Å². The van der Waals surface area contributed by atoms with Crippen LogP contribution in [0, 0.1) is 0 Å². The molecule has 0 saturated carbocycles. The molecule has 5 heteroatoms. The molecule has 0 unspecified atom stereocenters. The maximum atomic E-state index is 4.53. The van der Waals surface area contributed by atoms with E-state index in [1.54, 1.807) is 23.7 Å². The maximum absolute atomic E-state index is 4.53. The Morgan fingerprint density at radius 2 is 1.94 bits per heavy atom. The molecule has 0 aliphatic carbocycles. The minimum atomic E-state index is 0.733. The van der Waals surface area contributed by atoms with Crippen molar-refractivity contribution in [2.45, 2.75) is 13.1 Å². The standard InChI is InChI=1S/C13H10N4S/c1-2-9-6-14-7-10(9)5-8(1)12-17-11-13(18-12)16-4-3-15-11/h1-5,14H,6-7H2. The molecule has 18 heavy (non-hydrogen) atoms. The second-order valence-electron chi connectivity index (χ2n) is 4.29. The zero-order valence-corrected chi connectivity index (χ0v) is 10.4. The van der Waals surface area contributed by atoms with Crippen molar-refractivity contribution < 1.29 is 0 Å². The van der Waals surface area contributed by atoms with E-state index in [0.29, 0.717) is 0 Å². The highest BCUT2D eigenvalue weighted by atomic mass is 32.1. The Morgan fingerprint density at radius 1 is 1.06 bits per heavy atom. The zero-order valence-electron chi connectivity index (χ0n) is 9.55. The summed E-state index contributed by atoms with van der Waals surface area (Å²) in [6, 6.07) is 6.52. The van der Waals surface area contributed by atoms with Crippen LogP contribution in [0.2, 0.25) is 0 Å². The molecule has 0 amide bonds. The molecule has 4 nitrogen and oxygen atoms in total. The lowest BCUT2D eigenvalue weighted by atomic mass is 10.1. The van der Waals surface area contributed by atoms with Crippen LogP contribution in [-0.2, 0) is 13.1 Å². The Morgan fingerprint density at radius 3 is 2.89 bits per heavy atom. The fourth-order valence-corrected chi connectivity index (χ4v) is 3.09. The zero-order chi connectivity index (χ0) is 11.9. The molecule has 1 aliphatic heterocycles. The van der Waals surface area contributed by atoms with Crippen molar-refractivity contribution in [3.8, 4) is 10.6 Å². The number of hydrogen-bond acceptors (Lipinski definition) is 5. The van der Waals surface area contributed by atoms with Gasteiger partial charge in [-0.2, -0.15) is 0 Å². The quantitative estimate of drug-likeness (QED) is 0.724. The summed E-state index contributed by atoms with van der Waals surface area (Å²) in [5.41, 5.74) is 4.64. The minimum Gasteiger partial charge on any atom is -0.309 e. The van der Waals surface area contributed by atoms with E-state index in [9.17, 15) is 0 Å². The Labute approximate surface area is 108 Å². The van der Waals surface area contributed by atoms with E-state index >= 15 is 0 Å². The van der Waals surface area contributed by atoms with Gasteiger partial charge in [0.15, 0.2) is 10.5 Å². The van der Waals surface area contributed by atoms with Gasteiger partial charge in [-0.1, -0.05) is 23.5 Å². The molecule has 0 spiro atoms. The third kappa shape index (κ3) is 1.52. The molecule has 0 atom stereocenters. The number of rotatable bonds is 1. The van der Waals surface area contributed by atoms with E-state index in [4.69, 9.17) is 0 Å². The normalized spacial score (nSPS) is 14.0. The second kappa shape index (κ2) is 3.83.